The van der Waals surface area contributed by atoms with Crippen molar-refractivity contribution in [2.45, 2.75) is 51.6 Å². The lowest BCUT2D eigenvalue weighted by molar-refractivity contribution is -0.151. The molecule has 0 aromatic carbocycles. The van der Waals surface area contributed by atoms with Crippen LogP contribution in [-0.4, -0.2) is 23.8 Å². The Morgan fingerprint density at radius 3 is 2.64 bits per heavy atom. The Balaban J connectivity index is 2.21. The van der Waals surface area contributed by atoms with Crippen molar-refractivity contribution < 1.29 is 14.6 Å². The van der Waals surface area contributed by atoms with Gasteiger partial charge in [0.05, 0.1) is 6.61 Å². The van der Waals surface area contributed by atoms with Crippen molar-refractivity contribution in [3.8, 4) is 0 Å². The molecule has 1 fully saturated rings. The molecule has 14 heavy (non-hydrogen) atoms. The molecule has 3 heteroatoms. The van der Waals surface area contributed by atoms with Crippen LogP contribution in [0.25, 0.3) is 0 Å². The first-order chi connectivity index (χ1) is 6.74. The minimum absolute atomic E-state index is 0.583. The Morgan fingerprint density at radius 2 is 2.14 bits per heavy atom. The van der Waals surface area contributed by atoms with E-state index < -0.39 is 12.1 Å². The summed E-state index contributed by atoms with van der Waals surface area (Å²) in [5.41, 5.74) is 0. The molecular weight excluding hydrogens is 180 g/mol. The van der Waals surface area contributed by atoms with Crippen molar-refractivity contribution in [1.82, 2.24) is 0 Å². The van der Waals surface area contributed by atoms with Gasteiger partial charge < -0.3 is 9.84 Å². The minimum Gasteiger partial charge on any atom is -0.479 e. The third-order valence-corrected chi connectivity index (χ3v) is 2.83. The molecule has 82 valence electrons. The number of aliphatic carboxylic acids is 1. The van der Waals surface area contributed by atoms with E-state index in [0.717, 1.165) is 6.42 Å². The van der Waals surface area contributed by atoms with Crippen LogP contribution in [0.15, 0.2) is 0 Å². The Hall–Kier alpha value is -0.570. The van der Waals surface area contributed by atoms with E-state index in [9.17, 15) is 4.79 Å². The molecule has 0 saturated heterocycles. The zero-order valence-corrected chi connectivity index (χ0v) is 8.87. The summed E-state index contributed by atoms with van der Waals surface area (Å²) < 4.78 is 5.43. The first-order valence-corrected chi connectivity index (χ1v) is 5.58. The van der Waals surface area contributed by atoms with Gasteiger partial charge in [-0.3, -0.25) is 0 Å². The number of rotatable bonds is 6. The Kier molecular flexibility index (Phi) is 4.94. The number of carboxylic acid groups (broad SMARTS) is 1. The first-order valence-electron chi connectivity index (χ1n) is 5.58. The van der Waals surface area contributed by atoms with Crippen LogP contribution in [0.1, 0.15) is 45.4 Å². The van der Waals surface area contributed by atoms with E-state index in [2.05, 4.69) is 0 Å². The van der Waals surface area contributed by atoms with Crippen LogP contribution in [-0.2, 0) is 9.53 Å². The van der Waals surface area contributed by atoms with Gasteiger partial charge in [0.25, 0.3) is 0 Å². The molecule has 0 aliphatic heterocycles. The predicted octanol–water partition coefficient (Wildman–Crippen LogP) is 2.45. The average molecular weight is 200 g/mol. The standard InChI is InChI=1S/C11H20O3/c1-2-5-10(11(12)13)14-8-9-6-3-4-7-9/h9-10H,2-8H2,1H3,(H,12,13). The molecule has 1 aliphatic rings. The monoisotopic (exact) mass is 200 g/mol. The summed E-state index contributed by atoms with van der Waals surface area (Å²) in [6.07, 6.45) is 5.88. The molecule has 1 aliphatic carbocycles. The molecule has 0 amide bonds. The third-order valence-electron chi connectivity index (χ3n) is 2.83. The minimum atomic E-state index is -0.815. The van der Waals surface area contributed by atoms with Gasteiger partial charge in [-0.1, -0.05) is 26.2 Å². The number of carbonyl (C=O) groups is 1. The van der Waals surface area contributed by atoms with Gasteiger partial charge in [0.15, 0.2) is 6.10 Å². The first kappa shape index (κ1) is 11.5. The van der Waals surface area contributed by atoms with Gasteiger partial charge in [-0.25, -0.2) is 4.79 Å². The third kappa shape index (κ3) is 3.66. The summed E-state index contributed by atoms with van der Waals surface area (Å²) in [6, 6.07) is 0. The van der Waals surface area contributed by atoms with E-state index in [0.29, 0.717) is 18.9 Å². The smallest absolute Gasteiger partial charge is 0.332 e. The summed E-state index contributed by atoms with van der Waals surface area (Å²) in [5, 5.41) is 8.85. The Labute approximate surface area is 85.5 Å². The molecule has 0 aromatic rings. The molecule has 0 radical (unpaired) electrons. The fourth-order valence-corrected chi connectivity index (χ4v) is 1.97. The van der Waals surface area contributed by atoms with Crippen LogP contribution in [0.3, 0.4) is 0 Å². The topological polar surface area (TPSA) is 46.5 Å². The fourth-order valence-electron chi connectivity index (χ4n) is 1.97. The average Bonchev–Trinajstić information content (AvgIpc) is 2.64. The Morgan fingerprint density at radius 1 is 1.50 bits per heavy atom. The normalized spacial score (nSPS) is 19.8. The maximum absolute atomic E-state index is 10.8. The predicted molar refractivity (Wildman–Crippen MR) is 54.2 cm³/mol. The van der Waals surface area contributed by atoms with Crippen molar-refractivity contribution in [2.24, 2.45) is 5.92 Å². The van der Waals surface area contributed by atoms with Gasteiger partial charge >= 0.3 is 5.97 Å². The zero-order valence-electron chi connectivity index (χ0n) is 8.87. The number of carboxylic acids is 1. The fraction of sp³-hybridized carbons (Fsp3) is 0.909. The highest BCUT2D eigenvalue weighted by Gasteiger charge is 2.21. The number of ether oxygens (including phenoxy) is 1. The molecular formula is C11H20O3. The van der Waals surface area contributed by atoms with Gasteiger partial charge in [-0.05, 0) is 25.2 Å². The van der Waals surface area contributed by atoms with Crippen molar-refractivity contribution in [1.29, 1.82) is 0 Å². The molecule has 0 bridgehead atoms. The van der Waals surface area contributed by atoms with Crippen LogP contribution < -0.4 is 0 Å². The SMILES string of the molecule is CCCC(OCC1CCCC1)C(=O)O. The van der Waals surface area contributed by atoms with Crippen LogP contribution in [0.2, 0.25) is 0 Å². The lowest BCUT2D eigenvalue weighted by Crippen LogP contribution is -2.25. The van der Waals surface area contributed by atoms with E-state index in [1.165, 1.54) is 25.7 Å². The summed E-state index contributed by atoms with van der Waals surface area (Å²) in [7, 11) is 0. The van der Waals surface area contributed by atoms with Crippen LogP contribution in [0.5, 0.6) is 0 Å². The van der Waals surface area contributed by atoms with Gasteiger partial charge in [-0.2, -0.15) is 0 Å². The number of hydrogen-bond acceptors (Lipinski definition) is 2. The maximum Gasteiger partial charge on any atom is 0.332 e. The number of hydrogen-bond donors (Lipinski definition) is 1. The van der Waals surface area contributed by atoms with Gasteiger partial charge in [0.1, 0.15) is 0 Å². The second kappa shape index (κ2) is 6.02. The molecule has 3 nitrogen and oxygen atoms in total. The highest BCUT2D eigenvalue weighted by Crippen LogP contribution is 2.25. The lowest BCUT2D eigenvalue weighted by Gasteiger charge is -2.15. The summed E-state index contributed by atoms with van der Waals surface area (Å²) in [5.74, 6) is -0.210. The molecule has 1 N–H and O–H groups in total. The molecule has 1 atom stereocenters. The zero-order chi connectivity index (χ0) is 10.4. The van der Waals surface area contributed by atoms with Crippen molar-refractivity contribution in [3.05, 3.63) is 0 Å². The van der Waals surface area contributed by atoms with Crippen LogP contribution >= 0.6 is 0 Å². The molecule has 1 rings (SSSR count). The molecule has 0 aromatic heterocycles. The van der Waals surface area contributed by atoms with Crippen molar-refractivity contribution in [2.75, 3.05) is 6.61 Å². The van der Waals surface area contributed by atoms with E-state index >= 15 is 0 Å². The molecule has 1 saturated carbocycles. The molecule has 0 spiro atoms. The van der Waals surface area contributed by atoms with E-state index in [4.69, 9.17) is 9.84 Å². The van der Waals surface area contributed by atoms with Gasteiger partial charge in [0, 0.05) is 0 Å². The van der Waals surface area contributed by atoms with E-state index in [-0.39, 0.29) is 0 Å². The largest absolute Gasteiger partial charge is 0.479 e. The highest BCUT2D eigenvalue weighted by molar-refractivity contribution is 5.72. The Bertz CT molecular complexity index is 173. The second-order valence-electron chi connectivity index (χ2n) is 4.10. The lowest BCUT2D eigenvalue weighted by atomic mass is 10.1. The maximum atomic E-state index is 10.8. The summed E-state index contributed by atoms with van der Waals surface area (Å²) in [4.78, 5) is 10.8. The van der Waals surface area contributed by atoms with E-state index in [1.807, 2.05) is 6.92 Å². The molecule has 0 heterocycles. The second-order valence-corrected chi connectivity index (χ2v) is 4.10. The van der Waals surface area contributed by atoms with Crippen molar-refractivity contribution >= 4 is 5.97 Å². The summed E-state index contributed by atoms with van der Waals surface area (Å²) >= 11 is 0. The van der Waals surface area contributed by atoms with Gasteiger partial charge in [-0.15, -0.1) is 0 Å². The summed E-state index contributed by atoms with van der Waals surface area (Å²) in [6.45, 7) is 2.62. The quantitative estimate of drug-likeness (QED) is 0.716. The van der Waals surface area contributed by atoms with Crippen molar-refractivity contribution in [3.63, 3.8) is 0 Å². The van der Waals surface area contributed by atoms with Crippen LogP contribution in [0, 0.1) is 5.92 Å². The van der Waals surface area contributed by atoms with Gasteiger partial charge in [0.2, 0.25) is 0 Å². The van der Waals surface area contributed by atoms with E-state index in [1.54, 1.807) is 0 Å². The highest BCUT2D eigenvalue weighted by atomic mass is 16.5. The molecule has 1 unspecified atom stereocenters. The van der Waals surface area contributed by atoms with Crippen LogP contribution in [0.4, 0.5) is 0 Å².